The SMILES string of the molecule is CN(C)C(=O)C1CNCCN1C1CCCCC1C(C)(C)C. The highest BCUT2D eigenvalue weighted by atomic mass is 16.2. The van der Waals surface area contributed by atoms with Crippen molar-refractivity contribution in [1.29, 1.82) is 0 Å². The number of nitrogens with one attached hydrogen (secondary N) is 1. The first kappa shape index (κ1) is 16.8. The zero-order valence-electron chi connectivity index (χ0n) is 14.5. The number of carbonyl (C=O) groups excluding carboxylic acids is 1. The minimum Gasteiger partial charge on any atom is -0.347 e. The van der Waals surface area contributed by atoms with Crippen LogP contribution in [0, 0.1) is 11.3 Å². The minimum absolute atomic E-state index is 0.0155. The number of rotatable bonds is 2. The monoisotopic (exact) mass is 295 g/mol. The van der Waals surface area contributed by atoms with Crippen molar-refractivity contribution in [2.24, 2.45) is 11.3 Å². The van der Waals surface area contributed by atoms with Gasteiger partial charge in [0.15, 0.2) is 0 Å². The van der Waals surface area contributed by atoms with E-state index in [0.717, 1.165) is 19.6 Å². The van der Waals surface area contributed by atoms with Gasteiger partial charge in [0.25, 0.3) is 0 Å². The molecule has 0 bridgehead atoms. The maximum Gasteiger partial charge on any atom is 0.240 e. The van der Waals surface area contributed by atoms with E-state index < -0.39 is 0 Å². The fraction of sp³-hybridized carbons (Fsp3) is 0.941. The molecule has 1 heterocycles. The summed E-state index contributed by atoms with van der Waals surface area (Å²) < 4.78 is 0. The Bertz CT molecular complexity index is 362. The van der Waals surface area contributed by atoms with Gasteiger partial charge in [-0.1, -0.05) is 33.6 Å². The third-order valence-corrected chi connectivity index (χ3v) is 5.28. The van der Waals surface area contributed by atoms with Gasteiger partial charge in [0, 0.05) is 39.8 Å². The van der Waals surface area contributed by atoms with E-state index in [0.29, 0.717) is 17.4 Å². The molecule has 21 heavy (non-hydrogen) atoms. The number of amides is 1. The maximum absolute atomic E-state index is 12.6. The lowest BCUT2D eigenvalue weighted by molar-refractivity contribution is -0.138. The van der Waals surface area contributed by atoms with Crippen LogP contribution in [0.3, 0.4) is 0 Å². The Hall–Kier alpha value is -0.610. The topological polar surface area (TPSA) is 35.6 Å². The van der Waals surface area contributed by atoms with E-state index in [4.69, 9.17) is 0 Å². The van der Waals surface area contributed by atoms with Gasteiger partial charge in [-0.05, 0) is 24.2 Å². The third kappa shape index (κ3) is 3.78. The number of hydrogen-bond acceptors (Lipinski definition) is 3. The molecule has 3 atom stereocenters. The van der Waals surface area contributed by atoms with E-state index >= 15 is 0 Å². The molecule has 4 heteroatoms. The van der Waals surface area contributed by atoms with Gasteiger partial charge in [-0.3, -0.25) is 9.69 Å². The Morgan fingerprint density at radius 2 is 1.86 bits per heavy atom. The van der Waals surface area contributed by atoms with E-state index in [1.165, 1.54) is 25.7 Å². The van der Waals surface area contributed by atoms with Crippen molar-refractivity contribution in [3.05, 3.63) is 0 Å². The first-order valence-corrected chi connectivity index (χ1v) is 8.50. The lowest BCUT2D eigenvalue weighted by atomic mass is 9.68. The van der Waals surface area contributed by atoms with Crippen molar-refractivity contribution < 1.29 is 4.79 Å². The fourth-order valence-electron chi connectivity index (χ4n) is 4.16. The molecule has 122 valence electrons. The van der Waals surface area contributed by atoms with Gasteiger partial charge in [-0.2, -0.15) is 0 Å². The zero-order valence-corrected chi connectivity index (χ0v) is 14.5. The summed E-state index contributed by atoms with van der Waals surface area (Å²) in [4.78, 5) is 16.8. The highest BCUT2D eigenvalue weighted by Gasteiger charge is 2.42. The number of piperazine rings is 1. The molecule has 2 fully saturated rings. The lowest BCUT2D eigenvalue weighted by Gasteiger charge is -2.49. The van der Waals surface area contributed by atoms with Crippen molar-refractivity contribution in [2.75, 3.05) is 33.7 Å². The normalized spacial score (nSPS) is 32.0. The summed E-state index contributed by atoms with van der Waals surface area (Å²) in [6.07, 6.45) is 5.21. The molecule has 2 aliphatic rings. The Morgan fingerprint density at radius 3 is 2.48 bits per heavy atom. The summed E-state index contributed by atoms with van der Waals surface area (Å²) in [6.45, 7) is 9.89. The van der Waals surface area contributed by atoms with E-state index in [1.54, 1.807) is 4.90 Å². The Morgan fingerprint density at radius 1 is 1.19 bits per heavy atom. The second-order valence-electron chi connectivity index (χ2n) is 8.01. The molecule has 0 aromatic rings. The highest BCUT2D eigenvalue weighted by molar-refractivity contribution is 5.81. The summed E-state index contributed by atoms with van der Waals surface area (Å²) >= 11 is 0. The first-order valence-electron chi connectivity index (χ1n) is 8.50. The smallest absolute Gasteiger partial charge is 0.240 e. The van der Waals surface area contributed by atoms with Crippen LogP contribution < -0.4 is 5.32 Å². The number of carbonyl (C=O) groups is 1. The number of likely N-dealkylation sites (N-methyl/N-ethyl adjacent to an activating group) is 1. The molecule has 0 aromatic carbocycles. The van der Waals surface area contributed by atoms with Crippen LogP contribution in [0.25, 0.3) is 0 Å². The van der Waals surface area contributed by atoms with E-state index in [9.17, 15) is 4.79 Å². The molecular formula is C17H33N3O. The summed E-state index contributed by atoms with van der Waals surface area (Å²) in [6, 6.07) is 0.580. The number of nitrogens with zero attached hydrogens (tertiary/aromatic N) is 2. The van der Waals surface area contributed by atoms with Crippen LogP contribution in [-0.4, -0.2) is 61.5 Å². The average Bonchev–Trinajstić information content (AvgIpc) is 2.45. The quantitative estimate of drug-likeness (QED) is 0.846. The van der Waals surface area contributed by atoms with Gasteiger partial charge in [0.2, 0.25) is 5.91 Å². The van der Waals surface area contributed by atoms with Crippen molar-refractivity contribution in [1.82, 2.24) is 15.1 Å². The number of hydrogen-bond donors (Lipinski definition) is 1. The van der Waals surface area contributed by atoms with Crippen molar-refractivity contribution in [3.63, 3.8) is 0 Å². The molecule has 0 aromatic heterocycles. The van der Waals surface area contributed by atoms with Crippen molar-refractivity contribution in [2.45, 2.75) is 58.5 Å². The second kappa shape index (κ2) is 6.66. The van der Waals surface area contributed by atoms with E-state index in [-0.39, 0.29) is 11.9 Å². The molecule has 0 radical (unpaired) electrons. The van der Waals surface area contributed by atoms with Crippen LogP contribution in [0.4, 0.5) is 0 Å². The molecule has 1 saturated heterocycles. The van der Waals surface area contributed by atoms with E-state index in [2.05, 4.69) is 31.0 Å². The second-order valence-corrected chi connectivity index (χ2v) is 8.01. The molecule has 2 rings (SSSR count). The zero-order chi connectivity index (χ0) is 15.6. The van der Waals surface area contributed by atoms with Gasteiger partial charge >= 0.3 is 0 Å². The van der Waals surface area contributed by atoms with Crippen molar-refractivity contribution in [3.8, 4) is 0 Å². The van der Waals surface area contributed by atoms with Crippen LogP contribution in [0.5, 0.6) is 0 Å². The predicted octanol–water partition coefficient (Wildman–Crippen LogP) is 1.95. The third-order valence-electron chi connectivity index (χ3n) is 5.28. The van der Waals surface area contributed by atoms with Gasteiger partial charge in [-0.15, -0.1) is 0 Å². The Labute approximate surface area is 130 Å². The molecule has 3 unspecified atom stereocenters. The molecule has 1 amide bonds. The fourth-order valence-corrected chi connectivity index (χ4v) is 4.16. The summed E-state index contributed by atoms with van der Waals surface area (Å²) in [5.74, 6) is 0.947. The largest absolute Gasteiger partial charge is 0.347 e. The van der Waals surface area contributed by atoms with Crippen LogP contribution in [0.1, 0.15) is 46.5 Å². The van der Waals surface area contributed by atoms with Crippen LogP contribution >= 0.6 is 0 Å². The molecule has 0 spiro atoms. The van der Waals surface area contributed by atoms with Crippen LogP contribution in [0.15, 0.2) is 0 Å². The molecule has 4 nitrogen and oxygen atoms in total. The summed E-state index contributed by atoms with van der Waals surface area (Å²) in [5.41, 5.74) is 0.321. The molecule has 1 N–H and O–H groups in total. The minimum atomic E-state index is 0.0155. The highest BCUT2D eigenvalue weighted by Crippen LogP contribution is 2.41. The lowest BCUT2D eigenvalue weighted by Crippen LogP contribution is -2.63. The van der Waals surface area contributed by atoms with E-state index in [1.807, 2.05) is 14.1 Å². The molecule has 1 saturated carbocycles. The van der Waals surface area contributed by atoms with Crippen LogP contribution in [0.2, 0.25) is 0 Å². The first-order chi connectivity index (χ1) is 9.82. The van der Waals surface area contributed by atoms with Gasteiger partial charge in [0.1, 0.15) is 6.04 Å². The van der Waals surface area contributed by atoms with Gasteiger partial charge < -0.3 is 10.2 Å². The van der Waals surface area contributed by atoms with Gasteiger partial charge in [-0.25, -0.2) is 0 Å². The predicted molar refractivity (Wildman–Crippen MR) is 87.3 cm³/mol. The average molecular weight is 295 g/mol. The molecule has 1 aliphatic heterocycles. The van der Waals surface area contributed by atoms with Gasteiger partial charge in [0.05, 0.1) is 0 Å². The molecule has 1 aliphatic carbocycles. The van der Waals surface area contributed by atoms with Crippen molar-refractivity contribution >= 4 is 5.91 Å². The maximum atomic E-state index is 12.6. The summed E-state index contributed by atoms with van der Waals surface area (Å²) in [5, 5.41) is 3.40. The summed E-state index contributed by atoms with van der Waals surface area (Å²) in [7, 11) is 3.74. The van der Waals surface area contributed by atoms with Crippen LogP contribution in [-0.2, 0) is 4.79 Å². The Kier molecular flexibility index (Phi) is 5.31. The Balaban J connectivity index is 2.20. The molecular weight excluding hydrogens is 262 g/mol. The standard InChI is InChI=1S/C17H33N3O/c1-17(2,3)13-8-6-7-9-14(13)20-11-10-18-12-15(20)16(21)19(4)5/h13-15,18H,6-12H2,1-5H3.